The summed E-state index contributed by atoms with van der Waals surface area (Å²) in [6, 6.07) is 4.33. The number of hydrogen-bond donors (Lipinski definition) is 1. The van der Waals surface area contributed by atoms with Crippen molar-refractivity contribution in [3.05, 3.63) is 35.2 Å². The molecule has 0 atom stereocenters. The summed E-state index contributed by atoms with van der Waals surface area (Å²) in [6.07, 6.45) is 0. The smallest absolute Gasteiger partial charge is 0.255 e. The Morgan fingerprint density at radius 2 is 1.93 bits per heavy atom. The van der Waals surface area contributed by atoms with Crippen LogP contribution in [0, 0.1) is 6.92 Å². The Morgan fingerprint density at radius 3 is 2.52 bits per heavy atom. The van der Waals surface area contributed by atoms with Crippen LogP contribution >= 0.6 is 0 Å². The van der Waals surface area contributed by atoms with Crippen LogP contribution in [0.1, 0.15) is 21.8 Å². The number of benzene rings is 1. The van der Waals surface area contributed by atoms with Crippen molar-refractivity contribution in [3.8, 4) is 11.5 Å². The number of amides is 1. The van der Waals surface area contributed by atoms with Gasteiger partial charge in [-0.3, -0.25) is 4.79 Å². The molecular formula is C18H23N3O7S. The largest absolute Gasteiger partial charge is 0.493 e. The number of hydrogen-bond acceptors (Lipinski definition) is 8. The summed E-state index contributed by atoms with van der Waals surface area (Å²) < 4.78 is 48.2. The highest BCUT2D eigenvalue weighted by Crippen LogP contribution is 2.35. The molecular weight excluding hydrogens is 402 g/mol. The zero-order valence-electron chi connectivity index (χ0n) is 16.4. The second kappa shape index (κ2) is 8.80. The molecule has 1 aliphatic heterocycles. The Balaban J connectivity index is 1.94. The summed E-state index contributed by atoms with van der Waals surface area (Å²) in [6.45, 7) is 2.97. The minimum atomic E-state index is -3.83. The highest BCUT2D eigenvalue weighted by Gasteiger charge is 2.30. The number of aromatic nitrogens is 1. The van der Waals surface area contributed by atoms with Crippen LogP contribution in [0.4, 0.5) is 0 Å². The fourth-order valence-electron chi connectivity index (χ4n) is 2.96. The van der Waals surface area contributed by atoms with Crippen LogP contribution in [0.25, 0.3) is 0 Å². The van der Waals surface area contributed by atoms with Crippen LogP contribution in [0.2, 0.25) is 0 Å². The third-order valence-electron chi connectivity index (χ3n) is 4.41. The van der Waals surface area contributed by atoms with E-state index in [1.54, 1.807) is 13.0 Å². The minimum absolute atomic E-state index is 0.0406. The molecule has 1 aliphatic rings. The van der Waals surface area contributed by atoms with E-state index in [1.165, 1.54) is 30.7 Å². The monoisotopic (exact) mass is 425 g/mol. The summed E-state index contributed by atoms with van der Waals surface area (Å²) >= 11 is 0. The molecule has 2 heterocycles. The Labute approximate surface area is 168 Å². The van der Waals surface area contributed by atoms with Crippen molar-refractivity contribution in [2.45, 2.75) is 18.4 Å². The molecule has 0 radical (unpaired) electrons. The molecule has 1 N–H and O–H groups in total. The quantitative estimate of drug-likeness (QED) is 0.696. The lowest BCUT2D eigenvalue weighted by atomic mass is 10.1. The van der Waals surface area contributed by atoms with Crippen molar-refractivity contribution in [2.24, 2.45) is 0 Å². The number of rotatable bonds is 7. The van der Waals surface area contributed by atoms with Crippen LogP contribution in [0.3, 0.4) is 0 Å². The second-order valence-corrected chi connectivity index (χ2v) is 8.27. The number of nitrogens with one attached hydrogen (secondary N) is 1. The van der Waals surface area contributed by atoms with Crippen LogP contribution in [-0.4, -0.2) is 64.3 Å². The van der Waals surface area contributed by atoms with Crippen LogP contribution in [-0.2, 0) is 21.3 Å². The van der Waals surface area contributed by atoms with Gasteiger partial charge in [0.05, 0.1) is 44.4 Å². The summed E-state index contributed by atoms with van der Waals surface area (Å²) in [5, 5.41) is 6.50. The zero-order valence-corrected chi connectivity index (χ0v) is 17.2. The minimum Gasteiger partial charge on any atom is -0.493 e. The molecule has 2 aromatic rings. The van der Waals surface area contributed by atoms with E-state index in [0.717, 1.165) is 0 Å². The van der Waals surface area contributed by atoms with E-state index < -0.39 is 15.9 Å². The fourth-order valence-corrected chi connectivity index (χ4v) is 4.41. The summed E-state index contributed by atoms with van der Waals surface area (Å²) in [7, 11) is -1.07. The first kappa shape index (κ1) is 21.1. The summed E-state index contributed by atoms with van der Waals surface area (Å²) in [5.41, 5.74) is 0.581. The third-order valence-corrected chi connectivity index (χ3v) is 6.29. The molecule has 1 saturated heterocycles. The number of carbonyl (C=O) groups excluding carboxylic acids is 1. The number of morpholine rings is 1. The Morgan fingerprint density at radius 1 is 1.21 bits per heavy atom. The molecule has 158 valence electrons. The maximum atomic E-state index is 13.0. The number of aryl methyl sites for hydroxylation is 1. The molecule has 3 rings (SSSR count). The van der Waals surface area contributed by atoms with Gasteiger partial charge in [-0.15, -0.1) is 0 Å². The molecule has 29 heavy (non-hydrogen) atoms. The van der Waals surface area contributed by atoms with Crippen molar-refractivity contribution in [3.63, 3.8) is 0 Å². The first-order valence-corrected chi connectivity index (χ1v) is 10.3. The Hall–Kier alpha value is -2.63. The standard InChI is InChI=1S/C18H23N3O7S/c1-12-8-13(20-28-12)11-19-18(22)15-9-14(10-16(25-2)17(15)26-3)29(23,24)21-4-6-27-7-5-21/h8-10H,4-7,11H2,1-3H3,(H,19,22). The zero-order chi connectivity index (χ0) is 21.0. The predicted octanol–water partition coefficient (Wildman–Crippen LogP) is 0.951. The first-order valence-electron chi connectivity index (χ1n) is 8.91. The van der Waals surface area contributed by atoms with Gasteiger partial charge < -0.3 is 24.1 Å². The number of ether oxygens (including phenoxy) is 3. The van der Waals surface area contributed by atoms with E-state index in [9.17, 15) is 13.2 Å². The third kappa shape index (κ3) is 4.52. The van der Waals surface area contributed by atoms with Gasteiger partial charge in [-0.25, -0.2) is 8.42 Å². The summed E-state index contributed by atoms with van der Waals surface area (Å²) in [4.78, 5) is 12.7. The number of methoxy groups -OCH3 is 2. The van der Waals surface area contributed by atoms with E-state index in [2.05, 4.69) is 10.5 Å². The lowest BCUT2D eigenvalue weighted by molar-refractivity contribution is 0.0730. The van der Waals surface area contributed by atoms with Gasteiger partial charge in [0.25, 0.3) is 5.91 Å². The molecule has 10 nitrogen and oxygen atoms in total. The lowest BCUT2D eigenvalue weighted by Gasteiger charge is -2.26. The van der Waals surface area contributed by atoms with Crippen molar-refractivity contribution >= 4 is 15.9 Å². The molecule has 1 aromatic carbocycles. The first-order chi connectivity index (χ1) is 13.9. The average molecular weight is 425 g/mol. The van der Waals surface area contributed by atoms with E-state index >= 15 is 0 Å². The predicted molar refractivity (Wildman–Crippen MR) is 102 cm³/mol. The molecule has 0 saturated carbocycles. The maximum absolute atomic E-state index is 13.0. The molecule has 0 spiro atoms. The van der Waals surface area contributed by atoms with Crippen molar-refractivity contribution in [2.75, 3.05) is 40.5 Å². The highest BCUT2D eigenvalue weighted by atomic mass is 32.2. The Bertz CT molecular complexity index is 981. The van der Waals surface area contributed by atoms with Crippen molar-refractivity contribution in [1.29, 1.82) is 0 Å². The molecule has 0 aliphatic carbocycles. The van der Waals surface area contributed by atoms with Gasteiger partial charge in [0.1, 0.15) is 11.5 Å². The van der Waals surface area contributed by atoms with Crippen LogP contribution in [0.5, 0.6) is 11.5 Å². The average Bonchev–Trinajstić information content (AvgIpc) is 3.16. The second-order valence-electron chi connectivity index (χ2n) is 6.33. The van der Waals surface area contributed by atoms with Gasteiger partial charge >= 0.3 is 0 Å². The number of carbonyl (C=O) groups is 1. The molecule has 0 unspecified atom stereocenters. The van der Waals surface area contributed by atoms with Crippen LogP contribution in [0.15, 0.2) is 27.6 Å². The van der Waals surface area contributed by atoms with E-state index in [-0.39, 0.29) is 41.6 Å². The fraction of sp³-hybridized carbons (Fsp3) is 0.444. The normalized spacial score (nSPS) is 15.1. The van der Waals surface area contributed by atoms with Crippen LogP contribution < -0.4 is 14.8 Å². The van der Waals surface area contributed by atoms with E-state index in [1.807, 2.05) is 0 Å². The maximum Gasteiger partial charge on any atom is 0.255 e. The number of nitrogens with zero attached hydrogens (tertiary/aromatic N) is 2. The van der Waals surface area contributed by atoms with Gasteiger partial charge in [0, 0.05) is 25.2 Å². The van der Waals surface area contributed by atoms with E-state index in [0.29, 0.717) is 24.7 Å². The molecule has 1 fully saturated rings. The molecule has 11 heteroatoms. The van der Waals surface area contributed by atoms with E-state index in [4.69, 9.17) is 18.7 Å². The number of sulfonamides is 1. The van der Waals surface area contributed by atoms with Gasteiger partial charge in [-0.05, 0) is 13.0 Å². The van der Waals surface area contributed by atoms with Crippen molar-refractivity contribution < 1.29 is 31.9 Å². The van der Waals surface area contributed by atoms with Gasteiger partial charge in [-0.2, -0.15) is 4.31 Å². The van der Waals surface area contributed by atoms with Gasteiger partial charge in [-0.1, -0.05) is 5.16 Å². The lowest BCUT2D eigenvalue weighted by Crippen LogP contribution is -2.40. The highest BCUT2D eigenvalue weighted by molar-refractivity contribution is 7.89. The molecule has 1 amide bonds. The van der Waals surface area contributed by atoms with Gasteiger partial charge in [0.15, 0.2) is 11.5 Å². The SMILES string of the molecule is COc1cc(S(=O)(=O)N2CCOCC2)cc(C(=O)NCc2cc(C)on2)c1OC. The molecule has 0 bridgehead atoms. The van der Waals surface area contributed by atoms with Crippen molar-refractivity contribution in [1.82, 2.24) is 14.8 Å². The topological polar surface area (TPSA) is 120 Å². The summed E-state index contributed by atoms with van der Waals surface area (Å²) in [5.74, 6) is 0.374. The molecule has 1 aromatic heterocycles. The van der Waals surface area contributed by atoms with Gasteiger partial charge in [0.2, 0.25) is 10.0 Å². The Kier molecular flexibility index (Phi) is 6.40.